The highest BCUT2D eigenvalue weighted by Gasteiger charge is 2.20. The van der Waals surface area contributed by atoms with Gasteiger partial charge in [0, 0.05) is 26.1 Å². The van der Waals surface area contributed by atoms with Gasteiger partial charge in [0.2, 0.25) is 5.89 Å². The van der Waals surface area contributed by atoms with E-state index in [0.29, 0.717) is 17.8 Å². The lowest BCUT2D eigenvalue weighted by Crippen LogP contribution is -2.31. The molecule has 20 heavy (non-hydrogen) atoms. The first-order chi connectivity index (χ1) is 9.70. The Morgan fingerprint density at radius 3 is 3.00 bits per heavy atom. The van der Waals surface area contributed by atoms with Crippen LogP contribution in [0.25, 0.3) is 0 Å². The zero-order valence-electron chi connectivity index (χ0n) is 12.8. The molecule has 1 aromatic rings. The van der Waals surface area contributed by atoms with E-state index in [1.807, 2.05) is 18.9 Å². The highest BCUT2D eigenvalue weighted by Crippen LogP contribution is 2.20. The van der Waals surface area contributed by atoms with Crippen LogP contribution in [0.5, 0.6) is 0 Å². The summed E-state index contributed by atoms with van der Waals surface area (Å²) in [6.45, 7) is 7.76. The summed E-state index contributed by atoms with van der Waals surface area (Å²) in [6.07, 6.45) is 3.44. The molecule has 0 saturated carbocycles. The van der Waals surface area contributed by atoms with Crippen molar-refractivity contribution in [3.63, 3.8) is 0 Å². The fraction of sp³-hybridized carbons (Fsp3) is 0.857. The van der Waals surface area contributed by atoms with E-state index in [1.165, 1.54) is 6.42 Å². The maximum atomic E-state index is 5.75. The molecule has 0 amide bonds. The number of rotatable bonds is 7. The van der Waals surface area contributed by atoms with Gasteiger partial charge in [-0.1, -0.05) is 12.0 Å². The molecular formula is C14H26N4O2. The normalized spacial score (nSPS) is 20.9. The van der Waals surface area contributed by atoms with Crippen LogP contribution in [-0.2, 0) is 4.74 Å². The number of anilines is 1. The van der Waals surface area contributed by atoms with Gasteiger partial charge in [0.25, 0.3) is 0 Å². The first kappa shape index (κ1) is 15.3. The first-order valence-electron chi connectivity index (χ1n) is 7.56. The molecule has 1 fully saturated rings. The van der Waals surface area contributed by atoms with Gasteiger partial charge in [-0.25, -0.2) is 0 Å². The average Bonchev–Trinajstić information content (AvgIpc) is 2.96. The van der Waals surface area contributed by atoms with Gasteiger partial charge >= 0.3 is 6.01 Å². The largest absolute Gasteiger partial charge is 0.406 e. The molecule has 6 nitrogen and oxygen atoms in total. The molecule has 6 heteroatoms. The van der Waals surface area contributed by atoms with Crippen molar-refractivity contribution in [1.29, 1.82) is 0 Å². The predicted molar refractivity (Wildman–Crippen MR) is 77.8 cm³/mol. The van der Waals surface area contributed by atoms with Crippen molar-refractivity contribution >= 4 is 6.01 Å². The lowest BCUT2D eigenvalue weighted by molar-refractivity contribution is 0.0573. The Morgan fingerprint density at radius 2 is 2.30 bits per heavy atom. The van der Waals surface area contributed by atoms with E-state index in [-0.39, 0.29) is 6.04 Å². The van der Waals surface area contributed by atoms with Crippen LogP contribution in [0, 0.1) is 5.92 Å². The van der Waals surface area contributed by atoms with E-state index in [2.05, 4.69) is 22.4 Å². The molecule has 0 aromatic carbocycles. The smallest absolute Gasteiger partial charge is 0.317 e. The lowest BCUT2D eigenvalue weighted by Gasteiger charge is -2.25. The third kappa shape index (κ3) is 4.18. The molecule has 114 valence electrons. The molecule has 0 radical (unpaired) electrons. The van der Waals surface area contributed by atoms with Gasteiger partial charge in [-0.3, -0.25) is 0 Å². The maximum absolute atomic E-state index is 5.75. The second kappa shape index (κ2) is 7.59. The molecule has 1 aliphatic heterocycles. The Hall–Kier alpha value is -1.14. The predicted octanol–water partition coefficient (Wildman–Crippen LogP) is 1.99. The third-order valence-electron chi connectivity index (χ3n) is 3.61. The van der Waals surface area contributed by atoms with Crippen molar-refractivity contribution < 1.29 is 9.15 Å². The minimum Gasteiger partial charge on any atom is -0.406 e. The monoisotopic (exact) mass is 282 g/mol. The maximum Gasteiger partial charge on any atom is 0.317 e. The van der Waals surface area contributed by atoms with E-state index in [4.69, 9.17) is 9.15 Å². The molecular weight excluding hydrogens is 256 g/mol. The van der Waals surface area contributed by atoms with Gasteiger partial charge in [0.1, 0.15) is 0 Å². The number of nitrogens with zero attached hydrogens (tertiary/aromatic N) is 3. The number of hydrogen-bond donors (Lipinski definition) is 1. The van der Waals surface area contributed by atoms with Crippen LogP contribution in [0.3, 0.4) is 0 Å². The third-order valence-corrected chi connectivity index (χ3v) is 3.61. The van der Waals surface area contributed by atoms with Crippen LogP contribution in [0.1, 0.15) is 45.0 Å². The van der Waals surface area contributed by atoms with E-state index in [9.17, 15) is 0 Å². The number of ether oxygens (including phenoxy) is 1. The summed E-state index contributed by atoms with van der Waals surface area (Å²) in [5.41, 5.74) is 0. The molecule has 2 unspecified atom stereocenters. The summed E-state index contributed by atoms with van der Waals surface area (Å²) in [5.74, 6) is 1.21. The van der Waals surface area contributed by atoms with Gasteiger partial charge in [0.15, 0.2) is 0 Å². The highest BCUT2D eigenvalue weighted by molar-refractivity contribution is 5.22. The number of nitrogens with one attached hydrogen (secondary N) is 1. The van der Waals surface area contributed by atoms with Crippen LogP contribution in [0.2, 0.25) is 0 Å². The molecule has 2 atom stereocenters. The Labute approximate surface area is 120 Å². The van der Waals surface area contributed by atoms with E-state index >= 15 is 0 Å². The summed E-state index contributed by atoms with van der Waals surface area (Å²) in [5, 5.41) is 11.6. The van der Waals surface area contributed by atoms with Crippen LogP contribution >= 0.6 is 0 Å². The average molecular weight is 282 g/mol. The van der Waals surface area contributed by atoms with Crippen LogP contribution in [0.4, 0.5) is 6.01 Å². The van der Waals surface area contributed by atoms with E-state index in [1.54, 1.807) is 0 Å². The zero-order chi connectivity index (χ0) is 14.4. The Balaban J connectivity index is 1.86. The first-order valence-corrected chi connectivity index (χ1v) is 7.56. The summed E-state index contributed by atoms with van der Waals surface area (Å²) >= 11 is 0. The van der Waals surface area contributed by atoms with Crippen LogP contribution in [-0.4, -0.2) is 43.5 Å². The standard InChI is InChI=1S/C14H26N4O2/c1-4-7-15-11(2)13-16-17-14(20-13)18(3)9-12-6-5-8-19-10-12/h11-12,15H,4-10H2,1-3H3. The Morgan fingerprint density at radius 1 is 1.45 bits per heavy atom. The van der Waals surface area contributed by atoms with Gasteiger partial charge in [0.05, 0.1) is 12.6 Å². The molecule has 2 heterocycles. The minimum atomic E-state index is 0.0996. The zero-order valence-corrected chi connectivity index (χ0v) is 12.8. The van der Waals surface area contributed by atoms with Crippen molar-refractivity contribution in [3.8, 4) is 0 Å². The molecule has 1 aromatic heterocycles. The summed E-state index contributed by atoms with van der Waals surface area (Å²) < 4.78 is 11.2. The van der Waals surface area contributed by atoms with Crippen molar-refractivity contribution in [2.75, 3.05) is 38.3 Å². The molecule has 0 aliphatic carbocycles. The fourth-order valence-electron chi connectivity index (χ4n) is 2.42. The van der Waals surface area contributed by atoms with Gasteiger partial charge in [-0.2, -0.15) is 0 Å². The summed E-state index contributed by atoms with van der Waals surface area (Å²) in [6, 6.07) is 0.693. The lowest BCUT2D eigenvalue weighted by atomic mass is 10.0. The fourth-order valence-corrected chi connectivity index (χ4v) is 2.42. The second-order valence-corrected chi connectivity index (χ2v) is 5.56. The number of aromatic nitrogens is 2. The minimum absolute atomic E-state index is 0.0996. The molecule has 1 saturated heterocycles. The summed E-state index contributed by atoms with van der Waals surface area (Å²) in [7, 11) is 2.00. The van der Waals surface area contributed by atoms with E-state index in [0.717, 1.165) is 39.1 Å². The van der Waals surface area contributed by atoms with Gasteiger partial charge in [-0.05, 0) is 32.7 Å². The van der Waals surface area contributed by atoms with Crippen LogP contribution < -0.4 is 10.2 Å². The topological polar surface area (TPSA) is 63.4 Å². The molecule has 1 N–H and O–H groups in total. The van der Waals surface area contributed by atoms with Crippen molar-refractivity contribution in [1.82, 2.24) is 15.5 Å². The van der Waals surface area contributed by atoms with Crippen molar-refractivity contribution in [2.45, 2.75) is 39.2 Å². The van der Waals surface area contributed by atoms with Crippen molar-refractivity contribution in [2.24, 2.45) is 5.92 Å². The quantitative estimate of drug-likeness (QED) is 0.825. The number of hydrogen-bond acceptors (Lipinski definition) is 6. The van der Waals surface area contributed by atoms with Gasteiger partial charge in [-0.15, -0.1) is 5.10 Å². The van der Waals surface area contributed by atoms with Gasteiger partial charge < -0.3 is 19.4 Å². The van der Waals surface area contributed by atoms with Crippen molar-refractivity contribution in [3.05, 3.63) is 5.89 Å². The van der Waals surface area contributed by atoms with E-state index < -0.39 is 0 Å². The molecule has 0 spiro atoms. The SMILES string of the molecule is CCCNC(C)c1nnc(N(C)CC2CCCOC2)o1. The van der Waals surface area contributed by atoms with Crippen LogP contribution in [0.15, 0.2) is 4.42 Å². The molecule has 1 aliphatic rings. The Bertz CT molecular complexity index is 390. The molecule has 0 bridgehead atoms. The summed E-state index contributed by atoms with van der Waals surface area (Å²) in [4.78, 5) is 2.03. The highest BCUT2D eigenvalue weighted by atomic mass is 16.5. The molecule has 2 rings (SSSR count). The second-order valence-electron chi connectivity index (χ2n) is 5.56. The Kier molecular flexibility index (Phi) is 5.79.